The number of unbranched alkanes of at least 4 members (excludes halogenated alkanes) is 1. The largest absolute Gasteiger partial charge is 0.356 e. The van der Waals surface area contributed by atoms with E-state index in [1.54, 1.807) is 6.20 Å². The molecule has 1 amide bonds. The molecule has 130 valence electrons. The summed E-state index contributed by atoms with van der Waals surface area (Å²) in [4.78, 5) is 23.6. The molecule has 0 bridgehead atoms. The van der Waals surface area contributed by atoms with Crippen molar-refractivity contribution < 1.29 is 4.79 Å². The molecule has 24 heavy (non-hydrogen) atoms. The Bertz CT molecular complexity index is 650. The first-order valence-electron chi connectivity index (χ1n) is 8.97. The zero-order valence-electron chi connectivity index (χ0n) is 14.6. The van der Waals surface area contributed by atoms with E-state index in [1.807, 2.05) is 22.9 Å². The van der Waals surface area contributed by atoms with Crippen molar-refractivity contribution in [2.24, 2.45) is 5.92 Å². The van der Waals surface area contributed by atoms with Crippen LogP contribution in [-0.4, -0.2) is 44.3 Å². The van der Waals surface area contributed by atoms with Crippen molar-refractivity contribution in [3.8, 4) is 0 Å². The number of likely N-dealkylation sites (tertiary alicyclic amines) is 1. The van der Waals surface area contributed by atoms with Gasteiger partial charge in [0.25, 0.3) is 0 Å². The molecule has 0 unspecified atom stereocenters. The van der Waals surface area contributed by atoms with Gasteiger partial charge in [0.1, 0.15) is 0 Å². The molecule has 0 radical (unpaired) electrons. The van der Waals surface area contributed by atoms with Crippen LogP contribution in [0.3, 0.4) is 0 Å². The number of imidazole rings is 1. The Morgan fingerprint density at radius 2 is 2.29 bits per heavy atom. The van der Waals surface area contributed by atoms with Crippen LogP contribution < -0.4 is 5.32 Å². The fourth-order valence-corrected chi connectivity index (χ4v) is 3.31. The molecule has 0 aromatic carbocycles. The van der Waals surface area contributed by atoms with E-state index in [1.165, 1.54) is 0 Å². The molecule has 1 aliphatic rings. The number of hydrogen-bond acceptors (Lipinski definition) is 4. The Hall–Kier alpha value is -1.95. The van der Waals surface area contributed by atoms with Gasteiger partial charge in [0.15, 0.2) is 0 Å². The number of nitrogens with one attached hydrogen (secondary N) is 1. The van der Waals surface area contributed by atoms with Crippen LogP contribution >= 0.6 is 0 Å². The summed E-state index contributed by atoms with van der Waals surface area (Å²) in [6.45, 7) is 6.74. The third-order valence-electron chi connectivity index (χ3n) is 4.86. The maximum absolute atomic E-state index is 12.4. The molecule has 3 heterocycles. The summed E-state index contributed by atoms with van der Waals surface area (Å²) in [5, 5.41) is 3.08. The molecule has 3 rings (SSSR count). The lowest BCUT2D eigenvalue weighted by molar-refractivity contribution is -0.127. The van der Waals surface area contributed by atoms with Gasteiger partial charge in [0.2, 0.25) is 11.7 Å². The minimum atomic E-state index is 0.0909. The van der Waals surface area contributed by atoms with Gasteiger partial charge in [0, 0.05) is 44.3 Å². The van der Waals surface area contributed by atoms with Gasteiger partial charge in [-0.15, -0.1) is 0 Å². The van der Waals surface area contributed by atoms with Gasteiger partial charge in [-0.3, -0.25) is 14.1 Å². The standard InChI is InChI=1S/C18H27N5O/c1-3-4-8-19-17(24)15-7-6-14(2)23(11-15)13-16-12-22-10-5-9-20-18(22)21-16/h5,9-10,12,14-15H,3-4,6-8,11,13H2,1-2H3,(H,19,24)/t14-,15+/m0/s1. The summed E-state index contributed by atoms with van der Waals surface area (Å²) in [6, 6.07) is 2.38. The third kappa shape index (κ3) is 3.93. The topological polar surface area (TPSA) is 62.5 Å². The second kappa shape index (κ2) is 7.75. The Morgan fingerprint density at radius 3 is 3.08 bits per heavy atom. The Kier molecular flexibility index (Phi) is 5.45. The first kappa shape index (κ1) is 16.9. The molecule has 1 aliphatic heterocycles. The molecule has 1 fully saturated rings. The van der Waals surface area contributed by atoms with Crippen LogP contribution in [0.25, 0.3) is 5.78 Å². The van der Waals surface area contributed by atoms with E-state index in [2.05, 4.69) is 34.0 Å². The lowest BCUT2D eigenvalue weighted by atomic mass is 9.92. The van der Waals surface area contributed by atoms with Crippen LogP contribution in [0.2, 0.25) is 0 Å². The van der Waals surface area contributed by atoms with E-state index < -0.39 is 0 Å². The molecule has 6 heteroatoms. The summed E-state index contributed by atoms with van der Waals surface area (Å²) in [7, 11) is 0. The quantitative estimate of drug-likeness (QED) is 0.826. The number of piperidine rings is 1. The normalized spacial score (nSPS) is 21.9. The molecule has 2 atom stereocenters. The molecule has 0 saturated carbocycles. The van der Waals surface area contributed by atoms with Crippen molar-refractivity contribution in [1.29, 1.82) is 0 Å². The number of hydrogen-bond donors (Lipinski definition) is 1. The molecular formula is C18H27N5O. The molecule has 1 saturated heterocycles. The van der Waals surface area contributed by atoms with Crippen molar-refractivity contribution in [3.05, 3.63) is 30.4 Å². The predicted octanol–water partition coefficient (Wildman–Crippen LogP) is 2.25. The van der Waals surface area contributed by atoms with Crippen molar-refractivity contribution in [1.82, 2.24) is 24.6 Å². The van der Waals surface area contributed by atoms with Crippen molar-refractivity contribution in [2.45, 2.75) is 52.1 Å². The van der Waals surface area contributed by atoms with Crippen molar-refractivity contribution >= 4 is 11.7 Å². The third-order valence-corrected chi connectivity index (χ3v) is 4.86. The summed E-state index contributed by atoms with van der Waals surface area (Å²) < 4.78 is 1.94. The van der Waals surface area contributed by atoms with Crippen molar-refractivity contribution in [3.63, 3.8) is 0 Å². The van der Waals surface area contributed by atoms with Crippen LogP contribution in [0.1, 0.15) is 45.2 Å². The second-order valence-electron chi connectivity index (χ2n) is 6.76. The number of carbonyl (C=O) groups excluding carboxylic acids is 1. The number of aromatic nitrogens is 3. The average molecular weight is 329 g/mol. The van der Waals surface area contributed by atoms with Gasteiger partial charge in [-0.05, 0) is 32.3 Å². The molecule has 6 nitrogen and oxygen atoms in total. The second-order valence-corrected chi connectivity index (χ2v) is 6.76. The Balaban J connectivity index is 1.62. The van der Waals surface area contributed by atoms with Crippen molar-refractivity contribution in [2.75, 3.05) is 13.1 Å². The Morgan fingerprint density at radius 1 is 1.42 bits per heavy atom. The lowest BCUT2D eigenvalue weighted by Crippen LogP contribution is -2.46. The summed E-state index contributed by atoms with van der Waals surface area (Å²) in [5.41, 5.74) is 1.01. The van der Waals surface area contributed by atoms with Crippen LogP contribution in [-0.2, 0) is 11.3 Å². The molecule has 1 N–H and O–H groups in total. The van der Waals surface area contributed by atoms with Gasteiger partial charge in [-0.25, -0.2) is 9.97 Å². The van der Waals surface area contributed by atoms with E-state index in [9.17, 15) is 4.79 Å². The monoisotopic (exact) mass is 329 g/mol. The Labute approximate surface area is 143 Å². The molecule has 0 aliphatic carbocycles. The first-order valence-corrected chi connectivity index (χ1v) is 8.97. The van der Waals surface area contributed by atoms with Crippen LogP contribution in [0.15, 0.2) is 24.7 Å². The molecular weight excluding hydrogens is 302 g/mol. The number of amides is 1. The van der Waals surface area contributed by atoms with Gasteiger partial charge < -0.3 is 5.32 Å². The maximum atomic E-state index is 12.4. The lowest BCUT2D eigenvalue weighted by Gasteiger charge is -2.36. The minimum Gasteiger partial charge on any atom is -0.356 e. The fourth-order valence-electron chi connectivity index (χ4n) is 3.31. The summed E-state index contributed by atoms with van der Waals surface area (Å²) >= 11 is 0. The minimum absolute atomic E-state index is 0.0909. The first-order chi connectivity index (χ1) is 11.7. The smallest absolute Gasteiger partial charge is 0.233 e. The molecule has 2 aromatic heterocycles. The van der Waals surface area contributed by atoms with E-state index in [0.29, 0.717) is 6.04 Å². The van der Waals surface area contributed by atoms with Crippen LogP contribution in [0.4, 0.5) is 0 Å². The van der Waals surface area contributed by atoms with Crippen LogP contribution in [0, 0.1) is 5.92 Å². The SMILES string of the molecule is CCCCNC(=O)[C@@H]1CC[C@H](C)N(Cc2cn3cccnc3n2)C1. The number of rotatable bonds is 6. The van der Waals surface area contributed by atoms with Gasteiger partial charge in [-0.1, -0.05) is 13.3 Å². The fraction of sp³-hybridized carbons (Fsp3) is 0.611. The van der Waals surface area contributed by atoms with Crippen LogP contribution in [0.5, 0.6) is 0 Å². The van der Waals surface area contributed by atoms with Gasteiger partial charge in [0.05, 0.1) is 11.6 Å². The molecule has 2 aromatic rings. The zero-order valence-corrected chi connectivity index (χ0v) is 14.6. The van der Waals surface area contributed by atoms with E-state index in [4.69, 9.17) is 0 Å². The van der Waals surface area contributed by atoms with Gasteiger partial charge >= 0.3 is 0 Å². The molecule has 0 spiro atoms. The predicted molar refractivity (Wildman–Crippen MR) is 93.5 cm³/mol. The summed E-state index contributed by atoms with van der Waals surface area (Å²) in [6.07, 6.45) is 9.93. The highest BCUT2D eigenvalue weighted by molar-refractivity contribution is 5.78. The van der Waals surface area contributed by atoms with E-state index >= 15 is 0 Å². The number of carbonyl (C=O) groups is 1. The highest BCUT2D eigenvalue weighted by atomic mass is 16.1. The van der Waals surface area contributed by atoms with E-state index in [-0.39, 0.29) is 11.8 Å². The highest BCUT2D eigenvalue weighted by Gasteiger charge is 2.30. The van der Waals surface area contributed by atoms with Gasteiger partial charge in [-0.2, -0.15) is 0 Å². The van der Waals surface area contributed by atoms with E-state index in [0.717, 1.165) is 56.8 Å². The highest BCUT2D eigenvalue weighted by Crippen LogP contribution is 2.23. The zero-order chi connectivity index (χ0) is 16.9. The average Bonchev–Trinajstić information content (AvgIpc) is 2.99. The number of fused-ring (bicyclic) bond motifs is 1. The maximum Gasteiger partial charge on any atom is 0.233 e. The summed E-state index contributed by atoms with van der Waals surface area (Å²) in [5.74, 6) is 1.02. The number of nitrogens with zero attached hydrogens (tertiary/aromatic N) is 4.